The molecule has 2 fully saturated rings. The number of nitrogens with zero attached hydrogens (tertiary/aromatic N) is 1. The highest BCUT2D eigenvalue weighted by molar-refractivity contribution is 5.75. The summed E-state index contributed by atoms with van der Waals surface area (Å²) in [4.78, 5) is 13.8. The highest BCUT2D eigenvalue weighted by Crippen LogP contribution is 2.36. The minimum Gasteiger partial charge on any atom is -0.497 e. The molecule has 4 rings (SSSR count). The van der Waals surface area contributed by atoms with Crippen molar-refractivity contribution < 1.29 is 24.1 Å². The van der Waals surface area contributed by atoms with Crippen molar-refractivity contribution in [3.05, 3.63) is 66.2 Å². The van der Waals surface area contributed by atoms with Crippen molar-refractivity contribution in [1.82, 2.24) is 10.2 Å². The van der Waals surface area contributed by atoms with Gasteiger partial charge in [0.2, 0.25) is 5.91 Å². The number of methoxy groups -OCH3 is 1. The zero-order valence-electron chi connectivity index (χ0n) is 22.7. The van der Waals surface area contributed by atoms with Gasteiger partial charge in [-0.15, -0.1) is 0 Å². The lowest BCUT2D eigenvalue weighted by atomic mass is 9.94. The van der Waals surface area contributed by atoms with Crippen molar-refractivity contribution in [2.75, 3.05) is 40.5 Å². The number of allylic oxidation sites excluding steroid dienone is 2. The zero-order valence-corrected chi connectivity index (χ0v) is 22.7. The van der Waals surface area contributed by atoms with E-state index < -0.39 is 6.10 Å². The molecule has 0 bridgehead atoms. The lowest BCUT2D eigenvalue weighted by Crippen LogP contribution is -2.50. The maximum atomic E-state index is 11.5. The van der Waals surface area contributed by atoms with Gasteiger partial charge in [-0.25, -0.2) is 0 Å². The van der Waals surface area contributed by atoms with Crippen molar-refractivity contribution >= 4 is 5.91 Å². The predicted molar refractivity (Wildman–Crippen MR) is 149 cm³/mol. The van der Waals surface area contributed by atoms with Crippen molar-refractivity contribution in [2.45, 2.75) is 57.0 Å². The molecular weight excluding hydrogens is 480 g/mol. The molecule has 1 aliphatic heterocycles. The average Bonchev–Trinajstić information content (AvgIpc) is 3.28. The van der Waals surface area contributed by atoms with E-state index in [1.54, 1.807) is 14.2 Å². The normalized spacial score (nSPS) is 24.1. The largest absolute Gasteiger partial charge is 0.497 e. The van der Waals surface area contributed by atoms with Gasteiger partial charge in [-0.2, -0.15) is 0 Å². The van der Waals surface area contributed by atoms with Crippen LogP contribution in [0.5, 0.6) is 5.75 Å². The summed E-state index contributed by atoms with van der Waals surface area (Å²) < 4.78 is 17.3. The van der Waals surface area contributed by atoms with Crippen molar-refractivity contribution in [3.8, 4) is 16.9 Å². The van der Waals surface area contributed by atoms with Crippen LogP contribution in [0.15, 0.2) is 60.7 Å². The second-order valence-corrected chi connectivity index (χ2v) is 10.2. The molecule has 2 aromatic rings. The van der Waals surface area contributed by atoms with Crippen LogP contribution in [0.2, 0.25) is 0 Å². The highest BCUT2D eigenvalue weighted by Gasteiger charge is 2.45. The Balaban J connectivity index is 1.36. The third-order valence-corrected chi connectivity index (χ3v) is 7.72. The van der Waals surface area contributed by atoms with Crippen LogP contribution >= 0.6 is 0 Å². The van der Waals surface area contributed by atoms with Crippen LogP contribution in [0, 0.1) is 5.92 Å². The summed E-state index contributed by atoms with van der Waals surface area (Å²) in [6.45, 7) is 3.61. The summed E-state index contributed by atoms with van der Waals surface area (Å²) in [6.07, 6.45) is 7.68. The number of unbranched alkanes of at least 4 members (excludes halogenated alkanes) is 1. The number of hydrogen-bond acceptors (Lipinski definition) is 6. The minimum atomic E-state index is -0.415. The molecule has 4 atom stereocenters. The molecule has 2 N–H and O–H groups in total. The number of carbonyl (C=O) groups excluding carboxylic acids is 1. The number of carbonyl (C=O) groups is 1. The maximum Gasteiger partial charge on any atom is 0.219 e. The first kappa shape index (κ1) is 28.3. The Morgan fingerprint density at radius 3 is 2.42 bits per heavy atom. The molecule has 38 heavy (non-hydrogen) atoms. The van der Waals surface area contributed by atoms with E-state index in [-0.39, 0.29) is 24.0 Å². The Morgan fingerprint density at radius 1 is 1.08 bits per heavy atom. The third-order valence-electron chi connectivity index (χ3n) is 7.72. The molecule has 0 unspecified atom stereocenters. The summed E-state index contributed by atoms with van der Waals surface area (Å²) in [7, 11) is 3.34. The lowest BCUT2D eigenvalue weighted by molar-refractivity contribution is -0.120. The second-order valence-electron chi connectivity index (χ2n) is 10.2. The number of morpholine rings is 1. The zero-order chi connectivity index (χ0) is 26.7. The molecule has 1 saturated carbocycles. The van der Waals surface area contributed by atoms with Gasteiger partial charge in [0.05, 0.1) is 39.1 Å². The van der Waals surface area contributed by atoms with Gasteiger partial charge in [-0.1, -0.05) is 48.6 Å². The molecule has 0 radical (unpaired) electrons. The first-order valence-electron chi connectivity index (χ1n) is 13.8. The van der Waals surface area contributed by atoms with E-state index in [0.717, 1.165) is 54.8 Å². The number of aliphatic hydroxyl groups is 1. The van der Waals surface area contributed by atoms with Gasteiger partial charge in [0.25, 0.3) is 0 Å². The van der Waals surface area contributed by atoms with E-state index in [2.05, 4.69) is 58.8 Å². The second kappa shape index (κ2) is 14.4. The summed E-state index contributed by atoms with van der Waals surface area (Å²) in [5, 5.41) is 13.7. The van der Waals surface area contributed by atoms with E-state index in [0.29, 0.717) is 32.7 Å². The van der Waals surface area contributed by atoms with Crippen LogP contribution in [0.3, 0.4) is 0 Å². The average molecular weight is 523 g/mol. The Labute approximate surface area is 226 Å². The van der Waals surface area contributed by atoms with Gasteiger partial charge in [-0.05, 0) is 48.1 Å². The first-order chi connectivity index (χ1) is 18.6. The molecule has 2 aromatic carbocycles. The smallest absolute Gasteiger partial charge is 0.219 e. The molecule has 1 saturated heterocycles. The van der Waals surface area contributed by atoms with E-state index in [1.807, 2.05) is 12.1 Å². The molecule has 7 heteroatoms. The van der Waals surface area contributed by atoms with Crippen LogP contribution in [0.4, 0.5) is 0 Å². The standard InChI is InChI=1S/C31H42N2O5/c1-32-30(35)8-6-4-3-5-7-27-29(21-28(34)31(27)33-17-19-37-20-18-33)38-22-23-9-11-24(12-10-23)25-13-15-26(36-2)16-14-25/h3,5,9-16,27-29,31,34H,4,6-8,17-22H2,1-2H3,(H,32,35)/b5-3-/t27-,28+,29-,31+/m0/s1. The number of ether oxygens (including phenoxy) is 3. The molecule has 206 valence electrons. The summed E-state index contributed by atoms with van der Waals surface area (Å²) in [5.41, 5.74) is 3.42. The van der Waals surface area contributed by atoms with E-state index >= 15 is 0 Å². The number of nitrogens with one attached hydrogen (secondary N) is 1. The quantitative estimate of drug-likeness (QED) is 0.321. The SMILES string of the molecule is CNC(=O)CCC/C=C\C[C@@H]1[C@@H](N2CCOCC2)[C@H](O)C[C@@H]1OCc1ccc(-c2ccc(OC)cc2)cc1. The Kier molecular flexibility index (Phi) is 10.8. The number of rotatable bonds is 12. The summed E-state index contributed by atoms with van der Waals surface area (Å²) in [6, 6.07) is 16.6. The lowest BCUT2D eigenvalue weighted by Gasteiger charge is -2.37. The van der Waals surface area contributed by atoms with Crippen LogP contribution in [0.1, 0.15) is 37.7 Å². The molecule has 1 heterocycles. The van der Waals surface area contributed by atoms with Crippen LogP contribution in [-0.2, 0) is 20.9 Å². The van der Waals surface area contributed by atoms with E-state index in [4.69, 9.17) is 14.2 Å². The van der Waals surface area contributed by atoms with E-state index in [9.17, 15) is 9.90 Å². The van der Waals surface area contributed by atoms with Crippen molar-refractivity contribution in [3.63, 3.8) is 0 Å². The van der Waals surface area contributed by atoms with Gasteiger partial charge in [0, 0.05) is 44.9 Å². The third kappa shape index (κ3) is 7.67. The van der Waals surface area contributed by atoms with Gasteiger partial charge in [0.1, 0.15) is 5.75 Å². The Bertz CT molecular complexity index is 1020. The molecule has 0 spiro atoms. The van der Waals surface area contributed by atoms with Crippen molar-refractivity contribution in [1.29, 1.82) is 0 Å². The molecule has 1 amide bonds. The number of benzene rings is 2. The van der Waals surface area contributed by atoms with Crippen molar-refractivity contribution in [2.24, 2.45) is 5.92 Å². The van der Waals surface area contributed by atoms with Crippen LogP contribution in [0.25, 0.3) is 11.1 Å². The molecule has 0 aromatic heterocycles. The van der Waals surface area contributed by atoms with E-state index in [1.165, 1.54) is 0 Å². The number of amides is 1. The maximum absolute atomic E-state index is 11.5. The number of aliphatic hydroxyl groups excluding tert-OH is 1. The molecular formula is C31H42N2O5. The topological polar surface area (TPSA) is 80.3 Å². The highest BCUT2D eigenvalue weighted by atomic mass is 16.5. The summed E-state index contributed by atoms with van der Waals surface area (Å²) >= 11 is 0. The summed E-state index contributed by atoms with van der Waals surface area (Å²) in [5.74, 6) is 1.13. The predicted octanol–water partition coefficient (Wildman–Crippen LogP) is 4.19. The van der Waals surface area contributed by atoms with Gasteiger partial charge >= 0.3 is 0 Å². The minimum absolute atomic E-state index is 0.0189. The van der Waals surface area contributed by atoms with Gasteiger partial charge < -0.3 is 24.6 Å². The van der Waals surface area contributed by atoms with Gasteiger partial charge in [-0.3, -0.25) is 9.69 Å². The molecule has 2 aliphatic rings. The molecule has 7 nitrogen and oxygen atoms in total. The monoisotopic (exact) mass is 522 g/mol. The fourth-order valence-electron chi connectivity index (χ4n) is 5.59. The van der Waals surface area contributed by atoms with Crippen LogP contribution in [-0.4, -0.2) is 74.6 Å². The first-order valence-corrected chi connectivity index (χ1v) is 13.8. The Hall–Kier alpha value is -2.71. The Morgan fingerprint density at radius 2 is 1.76 bits per heavy atom. The van der Waals surface area contributed by atoms with Gasteiger partial charge in [0.15, 0.2) is 0 Å². The molecule has 1 aliphatic carbocycles. The fourth-order valence-corrected chi connectivity index (χ4v) is 5.59. The number of hydrogen-bond donors (Lipinski definition) is 2. The fraction of sp³-hybridized carbons (Fsp3) is 0.516. The van der Waals surface area contributed by atoms with Crippen LogP contribution < -0.4 is 10.1 Å².